The maximum absolute atomic E-state index is 12.7. The molecule has 2 N–H and O–H groups in total. The topological polar surface area (TPSA) is 105 Å². The number of rotatable bonds is 4. The number of aromatic amines is 1. The first-order valence-electron chi connectivity index (χ1n) is 9.02. The number of nitrogens with one attached hydrogen (secondary N) is 2. The number of carbonyl (C=O) groups is 1. The van der Waals surface area contributed by atoms with E-state index in [1.165, 1.54) is 4.52 Å². The van der Waals surface area contributed by atoms with Gasteiger partial charge in [-0.25, -0.2) is 4.98 Å². The molecule has 4 aromatic rings. The fourth-order valence-electron chi connectivity index (χ4n) is 3.34. The van der Waals surface area contributed by atoms with Gasteiger partial charge in [0.2, 0.25) is 5.91 Å². The number of H-pyrrole nitrogens is 1. The molecule has 0 saturated carbocycles. The van der Waals surface area contributed by atoms with E-state index in [0.29, 0.717) is 35.0 Å². The largest absolute Gasteiger partial charge is 0.324 e. The van der Waals surface area contributed by atoms with E-state index >= 15 is 0 Å². The number of benzene rings is 1. The van der Waals surface area contributed by atoms with Crippen molar-refractivity contribution < 1.29 is 4.79 Å². The lowest BCUT2D eigenvalue weighted by molar-refractivity contribution is -0.116. The van der Waals surface area contributed by atoms with Crippen molar-refractivity contribution in [3.05, 3.63) is 63.5 Å². The van der Waals surface area contributed by atoms with Crippen LogP contribution in [0, 0.1) is 20.8 Å². The quantitative estimate of drug-likeness (QED) is 0.569. The summed E-state index contributed by atoms with van der Waals surface area (Å²) >= 11 is 0. The van der Waals surface area contributed by atoms with Crippen LogP contribution in [0.15, 0.2) is 35.3 Å². The van der Waals surface area contributed by atoms with Crippen molar-refractivity contribution in [1.29, 1.82) is 0 Å². The van der Waals surface area contributed by atoms with Crippen LogP contribution in [-0.4, -0.2) is 30.5 Å². The number of hydrogen-bond donors (Lipinski definition) is 2. The van der Waals surface area contributed by atoms with E-state index in [9.17, 15) is 9.59 Å². The molecule has 1 aromatic carbocycles. The molecule has 0 aliphatic heterocycles. The Bertz CT molecular complexity index is 1270. The van der Waals surface area contributed by atoms with Gasteiger partial charge in [0.1, 0.15) is 5.82 Å². The van der Waals surface area contributed by atoms with Crippen molar-refractivity contribution in [3.63, 3.8) is 0 Å². The number of amides is 1. The minimum absolute atomic E-state index is 0.166. The van der Waals surface area contributed by atoms with Crippen LogP contribution >= 0.6 is 0 Å². The highest BCUT2D eigenvalue weighted by atomic mass is 16.1. The number of hydrogen-bond acceptors (Lipinski definition) is 5. The summed E-state index contributed by atoms with van der Waals surface area (Å²) in [5, 5.41) is 6.76. The summed E-state index contributed by atoms with van der Waals surface area (Å²) in [7, 11) is 0. The predicted octanol–water partition coefficient (Wildman–Crippen LogP) is 2.46. The molecule has 0 unspecified atom stereocenters. The SMILES string of the molecule is Cc1cc(NC(=O)CCc2c(C)nc3nc(C)[nH]n3c2=O)c2ncccc2c1. The standard InChI is InChI=1S/C20H20N6O2/c1-11-9-14-5-4-8-21-18(14)16(10-11)24-17(27)7-6-15-12(2)22-20-23-13(3)25-26(20)19(15)28/h4-5,8-10H,6-7H2,1-3H3,(H,24,27)(H,22,23,25). The van der Waals surface area contributed by atoms with Crippen LogP contribution in [0.25, 0.3) is 16.7 Å². The predicted molar refractivity (Wildman–Crippen MR) is 107 cm³/mol. The molecule has 0 spiro atoms. The van der Waals surface area contributed by atoms with E-state index in [1.807, 2.05) is 31.2 Å². The highest BCUT2D eigenvalue weighted by Crippen LogP contribution is 2.23. The molecule has 0 bridgehead atoms. The lowest BCUT2D eigenvalue weighted by Gasteiger charge is -2.10. The molecule has 142 valence electrons. The van der Waals surface area contributed by atoms with Crippen LogP contribution in [0.3, 0.4) is 0 Å². The summed E-state index contributed by atoms with van der Waals surface area (Å²) in [6.45, 7) is 5.49. The number of fused-ring (bicyclic) bond motifs is 2. The lowest BCUT2D eigenvalue weighted by Crippen LogP contribution is -2.23. The van der Waals surface area contributed by atoms with Crippen molar-refractivity contribution in [2.75, 3.05) is 5.32 Å². The molecule has 0 atom stereocenters. The second kappa shape index (κ2) is 6.88. The third kappa shape index (κ3) is 3.24. The van der Waals surface area contributed by atoms with Crippen LogP contribution in [-0.2, 0) is 11.2 Å². The monoisotopic (exact) mass is 376 g/mol. The fourth-order valence-corrected chi connectivity index (χ4v) is 3.34. The number of carbonyl (C=O) groups excluding carboxylic acids is 1. The van der Waals surface area contributed by atoms with Crippen molar-refractivity contribution >= 4 is 28.3 Å². The summed E-state index contributed by atoms with van der Waals surface area (Å²) in [5.41, 5.74) is 3.32. The molecule has 3 heterocycles. The van der Waals surface area contributed by atoms with Crippen molar-refractivity contribution in [2.45, 2.75) is 33.6 Å². The van der Waals surface area contributed by atoms with Crippen molar-refractivity contribution in [3.8, 4) is 0 Å². The van der Waals surface area contributed by atoms with Crippen LogP contribution in [0.2, 0.25) is 0 Å². The molecular formula is C20H20N6O2. The molecular weight excluding hydrogens is 356 g/mol. The second-order valence-electron chi connectivity index (χ2n) is 6.86. The van der Waals surface area contributed by atoms with Crippen LogP contribution in [0.5, 0.6) is 0 Å². The second-order valence-corrected chi connectivity index (χ2v) is 6.86. The van der Waals surface area contributed by atoms with Gasteiger partial charge in [-0.2, -0.15) is 9.50 Å². The summed E-state index contributed by atoms with van der Waals surface area (Å²) < 4.78 is 1.31. The first-order valence-corrected chi connectivity index (χ1v) is 9.02. The molecule has 0 aliphatic rings. The lowest BCUT2D eigenvalue weighted by atomic mass is 10.1. The summed E-state index contributed by atoms with van der Waals surface area (Å²) in [6, 6.07) is 7.75. The van der Waals surface area contributed by atoms with Gasteiger partial charge in [-0.3, -0.25) is 19.7 Å². The minimum Gasteiger partial charge on any atom is -0.324 e. The zero-order valence-corrected chi connectivity index (χ0v) is 15.9. The van der Waals surface area contributed by atoms with Gasteiger partial charge in [-0.1, -0.05) is 6.07 Å². The van der Waals surface area contributed by atoms with Crippen LogP contribution < -0.4 is 10.9 Å². The molecule has 0 radical (unpaired) electrons. The van der Waals surface area contributed by atoms with Crippen molar-refractivity contribution in [2.24, 2.45) is 0 Å². The van der Waals surface area contributed by atoms with E-state index < -0.39 is 0 Å². The van der Waals surface area contributed by atoms with E-state index in [2.05, 4.69) is 25.4 Å². The first-order chi connectivity index (χ1) is 13.4. The Morgan fingerprint density at radius 1 is 1.21 bits per heavy atom. The van der Waals surface area contributed by atoms with Gasteiger partial charge >= 0.3 is 0 Å². The zero-order valence-electron chi connectivity index (χ0n) is 15.9. The molecule has 0 aliphatic carbocycles. The Morgan fingerprint density at radius 3 is 2.86 bits per heavy atom. The Balaban J connectivity index is 1.56. The third-order valence-electron chi connectivity index (χ3n) is 4.63. The maximum atomic E-state index is 12.7. The summed E-state index contributed by atoms with van der Waals surface area (Å²) in [4.78, 5) is 38.1. The Labute approximate surface area is 160 Å². The van der Waals surface area contributed by atoms with Gasteiger partial charge in [-0.15, -0.1) is 0 Å². The normalized spacial score (nSPS) is 11.2. The maximum Gasteiger partial charge on any atom is 0.277 e. The van der Waals surface area contributed by atoms with Crippen LogP contribution in [0.1, 0.15) is 29.1 Å². The van der Waals surface area contributed by atoms with E-state index in [4.69, 9.17) is 0 Å². The third-order valence-corrected chi connectivity index (χ3v) is 4.63. The Hall–Kier alpha value is -3.55. The first kappa shape index (κ1) is 17.8. The summed E-state index contributed by atoms with van der Waals surface area (Å²) in [6.07, 6.45) is 2.16. The molecule has 8 heteroatoms. The Morgan fingerprint density at radius 2 is 2.04 bits per heavy atom. The van der Waals surface area contributed by atoms with E-state index in [1.54, 1.807) is 20.0 Å². The smallest absolute Gasteiger partial charge is 0.277 e. The van der Waals surface area contributed by atoms with Crippen LogP contribution in [0.4, 0.5) is 5.69 Å². The number of aromatic nitrogens is 5. The van der Waals surface area contributed by atoms with E-state index in [0.717, 1.165) is 16.5 Å². The Kier molecular flexibility index (Phi) is 4.38. The van der Waals surface area contributed by atoms with Crippen molar-refractivity contribution in [1.82, 2.24) is 24.6 Å². The average molecular weight is 376 g/mol. The van der Waals surface area contributed by atoms with E-state index in [-0.39, 0.29) is 17.9 Å². The van der Waals surface area contributed by atoms with Gasteiger partial charge in [0.15, 0.2) is 0 Å². The van der Waals surface area contributed by atoms with Gasteiger partial charge in [0, 0.05) is 23.6 Å². The number of nitrogens with zero attached hydrogens (tertiary/aromatic N) is 4. The highest BCUT2D eigenvalue weighted by Gasteiger charge is 2.14. The van der Waals surface area contributed by atoms with Gasteiger partial charge in [0.25, 0.3) is 11.3 Å². The molecule has 1 amide bonds. The highest BCUT2D eigenvalue weighted by molar-refractivity contribution is 6.00. The molecule has 3 aromatic heterocycles. The molecule has 0 saturated heterocycles. The zero-order chi connectivity index (χ0) is 19.8. The number of anilines is 1. The van der Waals surface area contributed by atoms with Gasteiger partial charge < -0.3 is 5.32 Å². The average Bonchev–Trinajstić information content (AvgIpc) is 3.01. The number of aryl methyl sites for hydroxylation is 3. The minimum atomic E-state index is -0.224. The summed E-state index contributed by atoms with van der Waals surface area (Å²) in [5.74, 6) is 0.769. The number of pyridine rings is 1. The molecule has 4 rings (SSSR count). The molecule has 8 nitrogen and oxygen atoms in total. The van der Waals surface area contributed by atoms with Gasteiger partial charge in [0.05, 0.1) is 16.9 Å². The van der Waals surface area contributed by atoms with Gasteiger partial charge in [-0.05, 0) is 51.0 Å². The molecule has 28 heavy (non-hydrogen) atoms. The fraction of sp³-hybridized carbons (Fsp3) is 0.250. The molecule has 0 fully saturated rings.